The van der Waals surface area contributed by atoms with Gasteiger partial charge in [-0.25, -0.2) is 0 Å². The topological polar surface area (TPSA) is 35.2 Å². The monoisotopic (exact) mass is 261 g/mol. The molecule has 2 nitrogen and oxygen atoms in total. The normalized spacial score (nSPS) is 25.9. The smallest absolute Gasteiger partial charge is 0.0776 e. The largest absolute Gasteiger partial charge is 0.376 e. The van der Waals surface area contributed by atoms with Crippen LogP contribution in [-0.4, -0.2) is 18.8 Å². The van der Waals surface area contributed by atoms with Crippen LogP contribution in [0, 0.1) is 11.3 Å². The molecule has 2 heteroatoms. The second-order valence-electron chi connectivity index (χ2n) is 6.74. The Balaban J connectivity index is 2.03. The summed E-state index contributed by atoms with van der Waals surface area (Å²) in [6.45, 7) is 9.43. The van der Waals surface area contributed by atoms with E-state index in [0.29, 0.717) is 11.8 Å². The Morgan fingerprint density at radius 3 is 2.42 bits per heavy atom. The molecule has 1 saturated carbocycles. The maximum absolute atomic E-state index is 6.50. The van der Waals surface area contributed by atoms with Gasteiger partial charge in [0.15, 0.2) is 0 Å². The van der Waals surface area contributed by atoms with Crippen molar-refractivity contribution in [2.24, 2.45) is 17.1 Å². The molecule has 0 bridgehead atoms. The summed E-state index contributed by atoms with van der Waals surface area (Å²) < 4.78 is 5.93. The molecule has 1 aliphatic rings. The molecule has 2 rings (SSSR count). The van der Waals surface area contributed by atoms with Gasteiger partial charge in [-0.3, -0.25) is 0 Å². The van der Waals surface area contributed by atoms with Crippen LogP contribution in [0.4, 0.5) is 0 Å². The van der Waals surface area contributed by atoms with E-state index in [1.165, 1.54) is 12.0 Å². The van der Waals surface area contributed by atoms with Crippen LogP contribution in [0.2, 0.25) is 0 Å². The summed E-state index contributed by atoms with van der Waals surface area (Å²) in [5, 5.41) is 0. The van der Waals surface area contributed by atoms with Crippen molar-refractivity contribution < 1.29 is 4.74 Å². The van der Waals surface area contributed by atoms with Crippen molar-refractivity contribution in [2.45, 2.75) is 52.2 Å². The van der Waals surface area contributed by atoms with E-state index in [0.717, 1.165) is 6.61 Å². The Bertz CT molecular complexity index is 395. The standard InChI is InChI=1S/C17H27NO/c1-5-19-16(17(2,3)4)15(18)14-11-13(14)12-9-7-6-8-10-12/h6-10,13-16H,5,11,18H2,1-4H3. The SMILES string of the molecule is CCOC(C(N)C1CC1c1ccccc1)C(C)(C)C. The van der Waals surface area contributed by atoms with E-state index in [1.807, 2.05) is 6.92 Å². The lowest BCUT2D eigenvalue weighted by molar-refractivity contribution is -0.0322. The van der Waals surface area contributed by atoms with Crippen LogP contribution < -0.4 is 5.73 Å². The number of ether oxygens (including phenoxy) is 1. The van der Waals surface area contributed by atoms with Gasteiger partial charge in [-0.15, -0.1) is 0 Å². The zero-order valence-electron chi connectivity index (χ0n) is 12.6. The maximum Gasteiger partial charge on any atom is 0.0776 e. The van der Waals surface area contributed by atoms with Gasteiger partial charge in [0.25, 0.3) is 0 Å². The van der Waals surface area contributed by atoms with E-state index in [-0.39, 0.29) is 17.6 Å². The van der Waals surface area contributed by atoms with Gasteiger partial charge >= 0.3 is 0 Å². The van der Waals surface area contributed by atoms with Crippen molar-refractivity contribution in [3.8, 4) is 0 Å². The summed E-state index contributed by atoms with van der Waals surface area (Å²) in [6, 6.07) is 10.8. The lowest BCUT2D eigenvalue weighted by Gasteiger charge is -2.35. The van der Waals surface area contributed by atoms with Crippen LogP contribution in [0.5, 0.6) is 0 Å². The number of hydrogen-bond acceptors (Lipinski definition) is 2. The van der Waals surface area contributed by atoms with Crippen LogP contribution in [0.25, 0.3) is 0 Å². The third-order valence-electron chi connectivity index (χ3n) is 4.11. The van der Waals surface area contributed by atoms with Gasteiger partial charge in [0, 0.05) is 12.6 Å². The molecule has 1 fully saturated rings. The second-order valence-corrected chi connectivity index (χ2v) is 6.74. The first-order valence-corrected chi connectivity index (χ1v) is 7.37. The summed E-state index contributed by atoms with van der Waals surface area (Å²) >= 11 is 0. The first kappa shape index (κ1) is 14.5. The molecule has 4 atom stereocenters. The van der Waals surface area contributed by atoms with Crippen LogP contribution in [-0.2, 0) is 4.74 Å². The highest BCUT2D eigenvalue weighted by Crippen LogP contribution is 2.51. The lowest BCUT2D eigenvalue weighted by atomic mass is 9.82. The van der Waals surface area contributed by atoms with Crippen LogP contribution in [0.3, 0.4) is 0 Å². The molecule has 1 aromatic carbocycles. The number of rotatable bonds is 5. The first-order valence-electron chi connectivity index (χ1n) is 7.37. The van der Waals surface area contributed by atoms with E-state index in [1.54, 1.807) is 0 Å². The van der Waals surface area contributed by atoms with E-state index < -0.39 is 0 Å². The van der Waals surface area contributed by atoms with Gasteiger partial charge in [-0.05, 0) is 36.2 Å². The lowest BCUT2D eigenvalue weighted by Crippen LogP contribution is -2.47. The summed E-state index contributed by atoms with van der Waals surface area (Å²) in [6.07, 6.45) is 1.33. The average Bonchev–Trinajstić information content (AvgIpc) is 3.15. The van der Waals surface area contributed by atoms with Crippen LogP contribution in [0.1, 0.15) is 45.6 Å². The minimum absolute atomic E-state index is 0.0965. The third kappa shape index (κ3) is 3.37. The molecule has 106 valence electrons. The number of benzene rings is 1. The van der Waals surface area contributed by atoms with Crippen molar-refractivity contribution in [3.63, 3.8) is 0 Å². The third-order valence-corrected chi connectivity index (χ3v) is 4.11. The highest BCUT2D eigenvalue weighted by Gasteiger charge is 2.47. The fraction of sp³-hybridized carbons (Fsp3) is 0.647. The molecule has 0 aromatic heterocycles. The van der Waals surface area contributed by atoms with Crippen molar-refractivity contribution in [1.29, 1.82) is 0 Å². The zero-order chi connectivity index (χ0) is 14.0. The fourth-order valence-electron chi connectivity index (χ4n) is 3.07. The van der Waals surface area contributed by atoms with Gasteiger partial charge in [-0.1, -0.05) is 51.1 Å². The maximum atomic E-state index is 6.50. The van der Waals surface area contributed by atoms with Crippen molar-refractivity contribution in [2.75, 3.05) is 6.61 Å². The Hall–Kier alpha value is -0.860. The van der Waals surface area contributed by atoms with Crippen LogP contribution in [0.15, 0.2) is 30.3 Å². The Morgan fingerprint density at radius 1 is 1.26 bits per heavy atom. The van der Waals surface area contributed by atoms with Crippen molar-refractivity contribution >= 4 is 0 Å². The van der Waals surface area contributed by atoms with Gasteiger partial charge in [0.2, 0.25) is 0 Å². The van der Waals surface area contributed by atoms with Gasteiger partial charge in [-0.2, -0.15) is 0 Å². The highest BCUT2D eigenvalue weighted by molar-refractivity contribution is 5.27. The molecule has 1 aliphatic carbocycles. The van der Waals surface area contributed by atoms with E-state index in [9.17, 15) is 0 Å². The van der Waals surface area contributed by atoms with Gasteiger partial charge in [0.1, 0.15) is 0 Å². The molecule has 1 aromatic rings. The molecule has 0 amide bonds. The molecule has 2 N–H and O–H groups in total. The molecular formula is C17H27NO. The van der Waals surface area contributed by atoms with Gasteiger partial charge < -0.3 is 10.5 Å². The average molecular weight is 261 g/mol. The molecule has 0 heterocycles. The number of nitrogens with two attached hydrogens (primary N) is 1. The van der Waals surface area contributed by atoms with Gasteiger partial charge in [0.05, 0.1) is 6.10 Å². The summed E-state index contributed by atoms with van der Waals surface area (Å²) in [5.74, 6) is 1.19. The van der Waals surface area contributed by atoms with E-state index in [4.69, 9.17) is 10.5 Å². The molecule has 0 spiro atoms. The molecule has 0 aliphatic heterocycles. The molecular weight excluding hydrogens is 234 g/mol. The zero-order valence-corrected chi connectivity index (χ0v) is 12.6. The van der Waals surface area contributed by atoms with Crippen molar-refractivity contribution in [1.82, 2.24) is 0 Å². The summed E-state index contributed by atoms with van der Waals surface area (Å²) in [4.78, 5) is 0. The Kier molecular flexibility index (Phi) is 4.32. The predicted molar refractivity (Wildman–Crippen MR) is 80.1 cm³/mol. The first-order chi connectivity index (χ1) is 8.95. The summed E-state index contributed by atoms with van der Waals surface area (Å²) in [7, 11) is 0. The van der Waals surface area contributed by atoms with Crippen molar-refractivity contribution in [3.05, 3.63) is 35.9 Å². The molecule has 0 radical (unpaired) electrons. The second kappa shape index (κ2) is 5.64. The number of hydrogen-bond donors (Lipinski definition) is 1. The minimum Gasteiger partial charge on any atom is -0.376 e. The molecule has 0 saturated heterocycles. The minimum atomic E-state index is 0.0965. The Labute approximate surface area is 117 Å². The molecule has 19 heavy (non-hydrogen) atoms. The van der Waals surface area contributed by atoms with E-state index in [2.05, 4.69) is 51.1 Å². The van der Waals surface area contributed by atoms with Crippen LogP contribution >= 0.6 is 0 Å². The molecule has 4 unspecified atom stereocenters. The van der Waals surface area contributed by atoms with E-state index >= 15 is 0 Å². The quantitative estimate of drug-likeness (QED) is 0.879. The summed E-state index contributed by atoms with van der Waals surface area (Å²) in [5.41, 5.74) is 8.02. The fourth-order valence-corrected chi connectivity index (χ4v) is 3.07. The highest BCUT2D eigenvalue weighted by atomic mass is 16.5. The Morgan fingerprint density at radius 2 is 1.89 bits per heavy atom. The predicted octanol–water partition coefficient (Wildman–Crippen LogP) is 3.57.